The van der Waals surface area contributed by atoms with Gasteiger partial charge in [0.15, 0.2) is 0 Å². The van der Waals surface area contributed by atoms with Crippen LogP contribution in [0.5, 0.6) is 0 Å². The topological polar surface area (TPSA) is 63.4 Å². The summed E-state index contributed by atoms with van der Waals surface area (Å²) in [4.78, 5) is 24.6. The first-order valence-corrected chi connectivity index (χ1v) is 5.80. The van der Waals surface area contributed by atoms with E-state index in [-0.39, 0.29) is 18.4 Å². The molecule has 90 valence electrons. The van der Waals surface area contributed by atoms with Crippen LogP contribution in [0.25, 0.3) is 0 Å². The van der Waals surface area contributed by atoms with E-state index in [4.69, 9.17) is 17.3 Å². The fourth-order valence-electron chi connectivity index (χ4n) is 1.80. The molecular formula is C12H13ClN2O2. The lowest BCUT2D eigenvalue weighted by Gasteiger charge is -2.28. The number of hydrogen-bond donors (Lipinski definition) is 1. The number of piperidine rings is 1. The minimum Gasteiger partial charge on any atom is -0.320 e. The van der Waals surface area contributed by atoms with Gasteiger partial charge in [-0.15, -0.1) is 0 Å². The number of benzene rings is 1. The monoisotopic (exact) mass is 252 g/mol. The molecule has 0 saturated carbocycles. The molecule has 0 bridgehead atoms. The van der Waals surface area contributed by atoms with Crippen molar-refractivity contribution in [3.05, 3.63) is 34.9 Å². The van der Waals surface area contributed by atoms with Gasteiger partial charge in [-0.25, -0.2) is 0 Å². The van der Waals surface area contributed by atoms with Crippen molar-refractivity contribution in [1.82, 2.24) is 4.90 Å². The lowest BCUT2D eigenvalue weighted by molar-refractivity contribution is -0.149. The first kappa shape index (κ1) is 12.1. The van der Waals surface area contributed by atoms with Crippen LogP contribution in [0.15, 0.2) is 24.3 Å². The molecule has 0 unspecified atom stereocenters. The highest BCUT2D eigenvalue weighted by Crippen LogP contribution is 2.16. The van der Waals surface area contributed by atoms with Gasteiger partial charge in [-0.2, -0.15) is 0 Å². The van der Waals surface area contributed by atoms with E-state index >= 15 is 0 Å². The number of halogens is 1. The van der Waals surface area contributed by atoms with Crippen LogP contribution < -0.4 is 5.73 Å². The smallest absolute Gasteiger partial charge is 0.246 e. The van der Waals surface area contributed by atoms with E-state index in [0.717, 1.165) is 5.56 Å². The van der Waals surface area contributed by atoms with Gasteiger partial charge in [0.2, 0.25) is 11.8 Å². The summed E-state index contributed by atoms with van der Waals surface area (Å²) in [5.41, 5.74) is 6.51. The Kier molecular flexibility index (Phi) is 3.45. The second-order valence-electron chi connectivity index (χ2n) is 4.09. The number of nitrogens with two attached hydrogens (primary N) is 1. The van der Waals surface area contributed by atoms with Gasteiger partial charge in [0.1, 0.15) is 0 Å². The van der Waals surface area contributed by atoms with E-state index < -0.39 is 6.04 Å². The van der Waals surface area contributed by atoms with Crippen molar-refractivity contribution >= 4 is 23.4 Å². The van der Waals surface area contributed by atoms with Gasteiger partial charge in [0, 0.05) is 11.4 Å². The first-order chi connectivity index (χ1) is 8.08. The van der Waals surface area contributed by atoms with Crippen molar-refractivity contribution in [2.24, 2.45) is 5.73 Å². The zero-order valence-corrected chi connectivity index (χ0v) is 9.98. The van der Waals surface area contributed by atoms with Crippen LogP contribution >= 0.6 is 11.6 Å². The summed E-state index contributed by atoms with van der Waals surface area (Å²) < 4.78 is 0. The Hall–Kier alpha value is -1.39. The standard InChI is InChI=1S/C12H13ClN2O2/c13-9-3-1-8(2-4-9)7-15-11(16)6-5-10(14)12(15)17/h1-4,10H,5-7,14H2/t10-/m0/s1. The quantitative estimate of drug-likeness (QED) is 0.808. The average Bonchev–Trinajstić information content (AvgIpc) is 2.32. The lowest BCUT2D eigenvalue weighted by atomic mass is 10.0. The van der Waals surface area contributed by atoms with Gasteiger partial charge in [0.25, 0.3) is 0 Å². The minimum atomic E-state index is -0.556. The van der Waals surface area contributed by atoms with E-state index in [0.29, 0.717) is 17.9 Å². The summed E-state index contributed by atoms with van der Waals surface area (Å²) in [6, 6.07) is 6.50. The summed E-state index contributed by atoms with van der Waals surface area (Å²) in [7, 11) is 0. The summed E-state index contributed by atoms with van der Waals surface area (Å²) in [6.45, 7) is 0.266. The molecule has 1 saturated heterocycles. The van der Waals surface area contributed by atoms with Crippen molar-refractivity contribution in [3.8, 4) is 0 Å². The molecule has 2 amide bonds. The molecule has 1 aromatic carbocycles. The molecule has 4 nitrogen and oxygen atoms in total. The number of rotatable bonds is 2. The van der Waals surface area contributed by atoms with Crippen molar-refractivity contribution in [2.75, 3.05) is 0 Å². The Labute approximate surface area is 104 Å². The minimum absolute atomic E-state index is 0.161. The second-order valence-corrected chi connectivity index (χ2v) is 4.53. The van der Waals surface area contributed by atoms with Crippen LogP contribution in [0.4, 0.5) is 0 Å². The SMILES string of the molecule is N[C@H]1CCC(=O)N(Cc2ccc(Cl)cc2)C1=O. The highest BCUT2D eigenvalue weighted by Gasteiger charge is 2.31. The van der Waals surface area contributed by atoms with E-state index in [9.17, 15) is 9.59 Å². The Bertz CT molecular complexity index is 444. The first-order valence-electron chi connectivity index (χ1n) is 5.42. The number of carbonyl (C=O) groups excluding carboxylic acids is 2. The van der Waals surface area contributed by atoms with Gasteiger partial charge in [-0.3, -0.25) is 14.5 Å². The number of imide groups is 1. The largest absolute Gasteiger partial charge is 0.320 e. The number of carbonyl (C=O) groups is 2. The number of nitrogens with zero attached hydrogens (tertiary/aromatic N) is 1. The summed E-state index contributed by atoms with van der Waals surface area (Å²) in [5.74, 6) is -0.456. The van der Waals surface area contributed by atoms with Crippen LogP contribution in [-0.4, -0.2) is 22.8 Å². The van der Waals surface area contributed by atoms with Crippen LogP contribution in [0.3, 0.4) is 0 Å². The van der Waals surface area contributed by atoms with E-state index in [1.54, 1.807) is 24.3 Å². The Morgan fingerprint density at radius 2 is 1.94 bits per heavy atom. The molecule has 0 aliphatic carbocycles. The molecule has 1 heterocycles. The van der Waals surface area contributed by atoms with Gasteiger partial charge in [-0.05, 0) is 24.1 Å². The fraction of sp³-hybridized carbons (Fsp3) is 0.333. The zero-order chi connectivity index (χ0) is 12.4. The molecule has 1 aliphatic heterocycles. The summed E-state index contributed by atoms with van der Waals surface area (Å²) in [5, 5.41) is 0.627. The fourth-order valence-corrected chi connectivity index (χ4v) is 1.92. The van der Waals surface area contributed by atoms with Crippen LogP contribution in [-0.2, 0) is 16.1 Å². The maximum Gasteiger partial charge on any atom is 0.246 e. The maximum atomic E-state index is 11.8. The van der Waals surface area contributed by atoms with Crippen molar-refractivity contribution in [2.45, 2.75) is 25.4 Å². The molecule has 0 radical (unpaired) electrons. The van der Waals surface area contributed by atoms with Crippen molar-refractivity contribution in [1.29, 1.82) is 0 Å². The Morgan fingerprint density at radius 1 is 1.29 bits per heavy atom. The lowest BCUT2D eigenvalue weighted by Crippen LogP contribution is -2.50. The van der Waals surface area contributed by atoms with Crippen molar-refractivity contribution < 1.29 is 9.59 Å². The van der Waals surface area contributed by atoms with Gasteiger partial charge >= 0.3 is 0 Å². The maximum absolute atomic E-state index is 11.8. The van der Waals surface area contributed by atoms with Gasteiger partial charge < -0.3 is 5.73 Å². The number of likely N-dealkylation sites (tertiary alicyclic amines) is 1. The molecule has 1 atom stereocenters. The third-order valence-electron chi connectivity index (χ3n) is 2.81. The molecular weight excluding hydrogens is 240 g/mol. The van der Waals surface area contributed by atoms with Crippen LogP contribution in [0.2, 0.25) is 5.02 Å². The van der Waals surface area contributed by atoms with Crippen molar-refractivity contribution in [3.63, 3.8) is 0 Å². The normalized spacial score (nSPS) is 20.8. The number of hydrogen-bond acceptors (Lipinski definition) is 3. The predicted molar refractivity (Wildman–Crippen MR) is 64.2 cm³/mol. The molecule has 2 N–H and O–H groups in total. The Morgan fingerprint density at radius 3 is 2.59 bits per heavy atom. The molecule has 0 spiro atoms. The molecule has 0 aromatic heterocycles. The molecule has 1 aromatic rings. The second kappa shape index (κ2) is 4.85. The van der Waals surface area contributed by atoms with Gasteiger partial charge in [0.05, 0.1) is 12.6 Å². The molecule has 1 fully saturated rings. The third kappa shape index (κ3) is 2.65. The zero-order valence-electron chi connectivity index (χ0n) is 9.23. The van der Waals surface area contributed by atoms with Crippen LogP contribution in [0.1, 0.15) is 18.4 Å². The highest BCUT2D eigenvalue weighted by molar-refractivity contribution is 6.30. The molecule has 17 heavy (non-hydrogen) atoms. The van der Waals surface area contributed by atoms with E-state index in [1.165, 1.54) is 4.90 Å². The predicted octanol–water partition coefficient (Wildman–Crippen LogP) is 1.32. The Balaban J connectivity index is 2.13. The molecule has 5 heteroatoms. The van der Waals surface area contributed by atoms with E-state index in [2.05, 4.69) is 0 Å². The highest BCUT2D eigenvalue weighted by atomic mass is 35.5. The van der Waals surface area contributed by atoms with Gasteiger partial charge in [-0.1, -0.05) is 23.7 Å². The summed E-state index contributed by atoms with van der Waals surface area (Å²) in [6.07, 6.45) is 0.773. The number of amides is 2. The average molecular weight is 253 g/mol. The summed E-state index contributed by atoms with van der Waals surface area (Å²) >= 11 is 5.77. The third-order valence-corrected chi connectivity index (χ3v) is 3.06. The molecule has 2 rings (SSSR count). The molecule has 1 aliphatic rings. The van der Waals surface area contributed by atoms with E-state index in [1.807, 2.05) is 0 Å². The van der Waals surface area contributed by atoms with Crippen LogP contribution in [0, 0.1) is 0 Å².